The van der Waals surface area contributed by atoms with Crippen LogP contribution in [0.1, 0.15) is 11.3 Å². The molecular formula is C11H16FN5. The third-order valence-electron chi connectivity index (χ3n) is 2.54. The minimum atomic E-state index is -0.400. The number of aryl methyl sites for hydroxylation is 3. The number of rotatable bonds is 5. The fourth-order valence-corrected chi connectivity index (χ4v) is 1.68. The molecule has 0 saturated carbocycles. The molecule has 2 heterocycles. The molecule has 0 aliphatic heterocycles. The van der Waals surface area contributed by atoms with E-state index in [0.29, 0.717) is 13.1 Å². The minimum Gasteiger partial charge on any atom is -0.378 e. The lowest BCUT2D eigenvalue weighted by Gasteiger charge is -2.01. The number of halogens is 1. The SMILES string of the molecule is Cc1nn(C)cc1CNc1cnn(CCF)c1. The second-order valence-corrected chi connectivity index (χ2v) is 3.95. The lowest BCUT2D eigenvalue weighted by molar-refractivity contribution is 0.427. The van der Waals surface area contributed by atoms with Gasteiger partial charge >= 0.3 is 0 Å². The van der Waals surface area contributed by atoms with Crippen molar-refractivity contribution in [1.29, 1.82) is 0 Å². The summed E-state index contributed by atoms with van der Waals surface area (Å²) in [6.45, 7) is 2.57. The Bertz CT molecular complexity index is 488. The van der Waals surface area contributed by atoms with Crippen LogP contribution < -0.4 is 5.32 Å². The Balaban J connectivity index is 1.95. The maximum Gasteiger partial charge on any atom is 0.109 e. The quantitative estimate of drug-likeness (QED) is 0.857. The normalized spacial score (nSPS) is 10.8. The van der Waals surface area contributed by atoms with Gasteiger partial charge in [0.2, 0.25) is 0 Å². The summed E-state index contributed by atoms with van der Waals surface area (Å²) in [5, 5.41) is 11.5. The van der Waals surface area contributed by atoms with Crippen LogP contribution in [0.3, 0.4) is 0 Å². The summed E-state index contributed by atoms with van der Waals surface area (Å²) in [6, 6.07) is 0. The molecule has 92 valence electrons. The predicted octanol–water partition coefficient (Wildman–Crippen LogP) is 1.51. The number of anilines is 1. The van der Waals surface area contributed by atoms with E-state index < -0.39 is 6.67 Å². The molecule has 0 aliphatic carbocycles. The smallest absolute Gasteiger partial charge is 0.109 e. The zero-order chi connectivity index (χ0) is 12.3. The van der Waals surface area contributed by atoms with Crippen LogP contribution in [0.25, 0.3) is 0 Å². The molecule has 0 unspecified atom stereocenters. The molecule has 17 heavy (non-hydrogen) atoms. The van der Waals surface area contributed by atoms with E-state index in [0.717, 1.165) is 16.9 Å². The topological polar surface area (TPSA) is 47.7 Å². The number of alkyl halides is 1. The highest BCUT2D eigenvalue weighted by atomic mass is 19.1. The first-order valence-corrected chi connectivity index (χ1v) is 5.50. The third kappa shape index (κ3) is 2.83. The van der Waals surface area contributed by atoms with E-state index in [2.05, 4.69) is 15.5 Å². The van der Waals surface area contributed by atoms with E-state index >= 15 is 0 Å². The summed E-state index contributed by atoms with van der Waals surface area (Å²) in [7, 11) is 1.90. The van der Waals surface area contributed by atoms with E-state index in [-0.39, 0.29) is 0 Å². The van der Waals surface area contributed by atoms with E-state index in [4.69, 9.17) is 0 Å². The fourth-order valence-electron chi connectivity index (χ4n) is 1.68. The van der Waals surface area contributed by atoms with Gasteiger partial charge in [-0.1, -0.05) is 0 Å². The van der Waals surface area contributed by atoms with Crippen LogP contribution in [0.4, 0.5) is 10.1 Å². The van der Waals surface area contributed by atoms with Crippen molar-refractivity contribution in [2.24, 2.45) is 7.05 Å². The van der Waals surface area contributed by atoms with Crippen LogP contribution >= 0.6 is 0 Å². The summed E-state index contributed by atoms with van der Waals surface area (Å²) < 4.78 is 15.5. The van der Waals surface area contributed by atoms with Crippen molar-refractivity contribution < 1.29 is 4.39 Å². The van der Waals surface area contributed by atoms with Crippen molar-refractivity contribution in [3.8, 4) is 0 Å². The molecule has 2 aromatic rings. The summed E-state index contributed by atoms with van der Waals surface area (Å²) in [4.78, 5) is 0. The van der Waals surface area contributed by atoms with E-state index in [1.54, 1.807) is 21.8 Å². The lowest BCUT2D eigenvalue weighted by Crippen LogP contribution is -2.00. The summed E-state index contributed by atoms with van der Waals surface area (Å²) >= 11 is 0. The fraction of sp³-hybridized carbons (Fsp3) is 0.455. The summed E-state index contributed by atoms with van der Waals surface area (Å²) in [6.07, 6.45) is 5.47. The number of nitrogens with zero attached hydrogens (tertiary/aromatic N) is 4. The van der Waals surface area contributed by atoms with Gasteiger partial charge in [-0.3, -0.25) is 9.36 Å². The van der Waals surface area contributed by atoms with E-state index in [1.165, 1.54) is 0 Å². The summed E-state index contributed by atoms with van der Waals surface area (Å²) in [5.74, 6) is 0. The summed E-state index contributed by atoms with van der Waals surface area (Å²) in [5.41, 5.74) is 3.04. The standard InChI is InChI=1S/C11H16FN5/c1-9-10(7-16(2)15-9)5-13-11-6-14-17(8-11)4-3-12/h6-8,13H,3-5H2,1-2H3. The third-order valence-corrected chi connectivity index (χ3v) is 2.54. The van der Waals surface area contributed by atoms with Gasteiger partial charge in [-0.15, -0.1) is 0 Å². The van der Waals surface area contributed by atoms with Crippen LogP contribution in [0.5, 0.6) is 0 Å². The molecule has 5 nitrogen and oxygen atoms in total. The van der Waals surface area contributed by atoms with Crippen LogP contribution in [-0.2, 0) is 20.1 Å². The highest BCUT2D eigenvalue weighted by Crippen LogP contribution is 2.10. The molecule has 0 spiro atoms. The maximum atomic E-state index is 12.1. The van der Waals surface area contributed by atoms with E-state index in [1.807, 2.05) is 20.2 Å². The van der Waals surface area contributed by atoms with Crippen molar-refractivity contribution in [2.75, 3.05) is 12.0 Å². The number of aromatic nitrogens is 4. The second kappa shape index (κ2) is 4.99. The van der Waals surface area contributed by atoms with Crippen molar-refractivity contribution in [3.63, 3.8) is 0 Å². The Labute approximate surface area is 99.2 Å². The van der Waals surface area contributed by atoms with Gasteiger partial charge in [0.25, 0.3) is 0 Å². The van der Waals surface area contributed by atoms with Gasteiger partial charge in [0.05, 0.1) is 24.1 Å². The first-order valence-electron chi connectivity index (χ1n) is 5.50. The Morgan fingerprint density at radius 1 is 1.41 bits per heavy atom. The number of hydrogen-bond acceptors (Lipinski definition) is 3. The molecule has 0 atom stereocenters. The van der Waals surface area contributed by atoms with Gasteiger partial charge in [-0.05, 0) is 6.92 Å². The molecule has 0 fully saturated rings. The molecule has 2 aromatic heterocycles. The van der Waals surface area contributed by atoms with Gasteiger partial charge in [0.15, 0.2) is 0 Å². The molecule has 0 radical (unpaired) electrons. The molecule has 2 rings (SSSR count). The zero-order valence-corrected chi connectivity index (χ0v) is 10.0. The Kier molecular flexibility index (Phi) is 3.41. The number of nitrogens with one attached hydrogen (secondary N) is 1. The predicted molar refractivity (Wildman–Crippen MR) is 63.5 cm³/mol. The van der Waals surface area contributed by atoms with Crippen molar-refractivity contribution in [1.82, 2.24) is 19.6 Å². The molecule has 0 aliphatic rings. The largest absolute Gasteiger partial charge is 0.378 e. The average Bonchev–Trinajstić information content (AvgIpc) is 2.83. The molecular weight excluding hydrogens is 221 g/mol. The Morgan fingerprint density at radius 3 is 2.88 bits per heavy atom. The first-order chi connectivity index (χ1) is 8.19. The van der Waals surface area contributed by atoms with Crippen LogP contribution in [0.15, 0.2) is 18.6 Å². The van der Waals surface area contributed by atoms with Crippen molar-refractivity contribution >= 4 is 5.69 Å². The van der Waals surface area contributed by atoms with Crippen LogP contribution in [0.2, 0.25) is 0 Å². The monoisotopic (exact) mass is 237 g/mol. The van der Waals surface area contributed by atoms with Crippen molar-refractivity contribution in [2.45, 2.75) is 20.0 Å². The van der Waals surface area contributed by atoms with Gasteiger partial charge < -0.3 is 5.32 Å². The molecule has 0 aromatic carbocycles. The van der Waals surface area contributed by atoms with Gasteiger partial charge in [0, 0.05) is 31.5 Å². The van der Waals surface area contributed by atoms with Gasteiger partial charge in [-0.25, -0.2) is 4.39 Å². The number of hydrogen-bond donors (Lipinski definition) is 1. The maximum absolute atomic E-state index is 12.1. The average molecular weight is 237 g/mol. The highest BCUT2D eigenvalue weighted by molar-refractivity contribution is 5.39. The highest BCUT2D eigenvalue weighted by Gasteiger charge is 2.03. The van der Waals surface area contributed by atoms with Crippen LogP contribution in [0, 0.1) is 6.92 Å². The molecule has 1 N–H and O–H groups in total. The molecule has 0 bridgehead atoms. The van der Waals surface area contributed by atoms with E-state index in [9.17, 15) is 4.39 Å². The molecule has 0 amide bonds. The molecule has 6 heteroatoms. The first kappa shape index (κ1) is 11.6. The van der Waals surface area contributed by atoms with Crippen molar-refractivity contribution in [3.05, 3.63) is 29.8 Å². The van der Waals surface area contributed by atoms with Gasteiger partial charge in [0.1, 0.15) is 6.67 Å². The van der Waals surface area contributed by atoms with Crippen LogP contribution in [-0.4, -0.2) is 26.2 Å². The zero-order valence-electron chi connectivity index (χ0n) is 10.0. The molecule has 0 saturated heterocycles. The lowest BCUT2D eigenvalue weighted by atomic mass is 10.2. The Morgan fingerprint density at radius 2 is 2.24 bits per heavy atom. The second-order valence-electron chi connectivity index (χ2n) is 3.95. The van der Waals surface area contributed by atoms with Gasteiger partial charge in [-0.2, -0.15) is 10.2 Å². The Hall–Kier alpha value is -1.85. The minimum absolute atomic E-state index is 0.299.